The van der Waals surface area contributed by atoms with E-state index >= 15 is 0 Å². The molecule has 3 atom stereocenters. The smallest absolute Gasteiger partial charge is 0.410 e. The minimum atomic E-state index is -0.401. The monoisotopic (exact) mass is 212 g/mol. The lowest BCUT2D eigenvalue weighted by Gasteiger charge is -2.26. The lowest BCUT2D eigenvalue weighted by molar-refractivity contribution is 0.0253. The van der Waals surface area contributed by atoms with Gasteiger partial charge in [0.1, 0.15) is 5.60 Å². The van der Waals surface area contributed by atoms with Crippen LogP contribution in [0.1, 0.15) is 27.2 Å². The van der Waals surface area contributed by atoms with Crippen molar-refractivity contribution in [3.8, 4) is 0 Å². The molecule has 0 aromatic carbocycles. The van der Waals surface area contributed by atoms with Crippen LogP contribution >= 0.6 is 0 Å². The van der Waals surface area contributed by atoms with Crippen molar-refractivity contribution in [2.75, 3.05) is 13.1 Å². The van der Waals surface area contributed by atoms with Gasteiger partial charge >= 0.3 is 6.09 Å². The van der Waals surface area contributed by atoms with E-state index in [0.29, 0.717) is 24.4 Å². The van der Waals surface area contributed by atoms with Gasteiger partial charge in [0, 0.05) is 12.6 Å². The second-order valence-corrected chi connectivity index (χ2v) is 5.52. The lowest BCUT2D eigenvalue weighted by atomic mass is 10.2. The van der Waals surface area contributed by atoms with Gasteiger partial charge in [0.25, 0.3) is 0 Å². The third kappa shape index (κ3) is 1.95. The molecule has 0 radical (unpaired) electrons. The summed E-state index contributed by atoms with van der Waals surface area (Å²) >= 11 is 0. The molecule has 1 aliphatic carbocycles. The van der Waals surface area contributed by atoms with Gasteiger partial charge in [0.05, 0.1) is 0 Å². The summed E-state index contributed by atoms with van der Waals surface area (Å²) in [6.45, 7) is 7.21. The van der Waals surface area contributed by atoms with Gasteiger partial charge < -0.3 is 15.4 Å². The van der Waals surface area contributed by atoms with Gasteiger partial charge in [0.15, 0.2) is 0 Å². The van der Waals surface area contributed by atoms with Crippen LogP contribution in [-0.4, -0.2) is 35.7 Å². The van der Waals surface area contributed by atoms with E-state index in [2.05, 4.69) is 0 Å². The molecular formula is C11H20N2O2. The third-order valence-corrected chi connectivity index (χ3v) is 3.25. The summed E-state index contributed by atoms with van der Waals surface area (Å²) in [4.78, 5) is 13.7. The van der Waals surface area contributed by atoms with Crippen molar-refractivity contribution in [1.82, 2.24) is 4.90 Å². The first-order valence-electron chi connectivity index (χ1n) is 5.64. The summed E-state index contributed by atoms with van der Waals surface area (Å²) in [7, 11) is 0. The number of amides is 1. The van der Waals surface area contributed by atoms with E-state index in [-0.39, 0.29) is 6.09 Å². The summed E-state index contributed by atoms with van der Waals surface area (Å²) in [6.07, 6.45) is 0.914. The zero-order chi connectivity index (χ0) is 11.2. The number of rotatable bonds is 1. The van der Waals surface area contributed by atoms with Crippen LogP contribution in [0.3, 0.4) is 0 Å². The zero-order valence-corrected chi connectivity index (χ0v) is 9.69. The number of ether oxygens (including phenoxy) is 1. The molecule has 0 aromatic rings. The van der Waals surface area contributed by atoms with Crippen LogP contribution in [0.15, 0.2) is 0 Å². The first-order chi connectivity index (χ1) is 6.94. The molecule has 2 N–H and O–H groups in total. The van der Waals surface area contributed by atoms with Crippen molar-refractivity contribution in [3.63, 3.8) is 0 Å². The Hall–Kier alpha value is -0.770. The van der Waals surface area contributed by atoms with E-state index < -0.39 is 5.60 Å². The molecule has 0 spiro atoms. The summed E-state index contributed by atoms with van der Waals surface area (Å²) in [5.41, 5.74) is 5.23. The minimum absolute atomic E-state index is 0.175. The van der Waals surface area contributed by atoms with Gasteiger partial charge in [-0.2, -0.15) is 0 Å². The first-order valence-corrected chi connectivity index (χ1v) is 5.64. The molecule has 1 saturated heterocycles. The van der Waals surface area contributed by atoms with Gasteiger partial charge in [-0.15, -0.1) is 0 Å². The number of carbonyl (C=O) groups excluding carboxylic acids is 1. The third-order valence-electron chi connectivity index (χ3n) is 3.25. The summed E-state index contributed by atoms with van der Waals surface area (Å²) in [5.74, 6) is 1.16. The maximum Gasteiger partial charge on any atom is 0.410 e. The summed E-state index contributed by atoms with van der Waals surface area (Å²) < 4.78 is 5.36. The number of nitrogens with zero attached hydrogens (tertiary/aromatic N) is 1. The number of carbonyl (C=O) groups is 1. The Morgan fingerprint density at radius 2 is 2.20 bits per heavy atom. The van der Waals surface area contributed by atoms with Crippen molar-refractivity contribution in [3.05, 3.63) is 0 Å². The Bertz CT molecular complexity index is 268. The maximum absolute atomic E-state index is 11.8. The van der Waals surface area contributed by atoms with E-state index in [1.54, 1.807) is 0 Å². The fourth-order valence-corrected chi connectivity index (χ4v) is 2.56. The fourth-order valence-electron chi connectivity index (χ4n) is 2.56. The van der Waals surface area contributed by atoms with Crippen LogP contribution in [-0.2, 0) is 4.74 Å². The van der Waals surface area contributed by atoms with Gasteiger partial charge in [-0.05, 0) is 45.6 Å². The molecule has 4 heteroatoms. The molecule has 1 aliphatic heterocycles. The first kappa shape index (κ1) is 10.7. The number of hydrogen-bond acceptors (Lipinski definition) is 3. The Labute approximate surface area is 90.8 Å². The lowest BCUT2D eigenvalue weighted by Crippen LogP contribution is -2.38. The van der Waals surface area contributed by atoms with Crippen LogP contribution in [0.4, 0.5) is 4.79 Å². The van der Waals surface area contributed by atoms with Gasteiger partial charge in [-0.25, -0.2) is 4.79 Å². The topological polar surface area (TPSA) is 55.6 Å². The number of likely N-dealkylation sites (tertiary alicyclic amines) is 1. The van der Waals surface area contributed by atoms with Crippen LogP contribution < -0.4 is 5.73 Å². The molecule has 0 bridgehead atoms. The quantitative estimate of drug-likeness (QED) is 0.710. The molecule has 2 fully saturated rings. The van der Waals surface area contributed by atoms with Crippen LogP contribution in [0.5, 0.6) is 0 Å². The predicted octanol–water partition coefficient (Wildman–Crippen LogP) is 1.20. The highest BCUT2D eigenvalue weighted by molar-refractivity contribution is 5.70. The van der Waals surface area contributed by atoms with Crippen molar-refractivity contribution in [1.29, 1.82) is 0 Å². The molecule has 1 amide bonds. The molecule has 2 rings (SSSR count). The Morgan fingerprint density at radius 3 is 2.67 bits per heavy atom. The normalized spacial score (nSPS) is 33.9. The fraction of sp³-hybridized carbons (Fsp3) is 0.909. The molecule has 1 saturated carbocycles. The zero-order valence-electron chi connectivity index (χ0n) is 9.69. The highest BCUT2D eigenvalue weighted by Crippen LogP contribution is 2.50. The molecule has 3 unspecified atom stereocenters. The molecule has 1 heterocycles. The molecule has 15 heavy (non-hydrogen) atoms. The molecule has 86 valence electrons. The second kappa shape index (κ2) is 3.37. The van der Waals surface area contributed by atoms with Crippen LogP contribution in [0, 0.1) is 11.8 Å². The van der Waals surface area contributed by atoms with Crippen LogP contribution in [0.2, 0.25) is 0 Å². The average molecular weight is 212 g/mol. The average Bonchev–Trinajstić information content (AvgIpc) is 2.60. The van der Waals surface area contributed by atoms with E-state index in [1.807, 2.05) is 25.7 Å². The van der Waals surface area contributed by atoms with Crippen LogP contribution in [0.25, 0.3) is 0 Å². The number of nitrogens with two attached hydrogens (primary N) is 1. The highest BCUT2D eigenvalue weighted by Gasteiger charge is 2.58. The van der Waals surface area contributed by atoms with E-state index in [9.17, 15) is 4.79 Å². The van der Waals surface area contributed by atoms with Gasteiger partial charge in [-0.3, -0.25) is 0 Å². The largest absolute Gasteiger partial charge is 0.444 e. The predicted molar refractivity (Wildman–Crippen MR) is 57.4 cm³/mol. The van der Waals surface area contributed by atoms with Gasteiger partial charge in [0.2, 0.25) is 0 Å². The van der Waals surface area contributed by atoms with Crippen molar-refractivity contribution in [2.45, 2.75) is 38.8 Å². The SMILES string of the molecule is CC(C)(C)OC(=O)N1CCC2C(CN)C21. The van der Waals surface area contributed by atoms with E-state index in [0.717, 1.165) is 13.0 Å². The standard InChI is InChI=1S/C11H20N2O2/c1-11(2,3)15-10(14)13-5-4-7-8(6-12)9(7)13/h7-9H,4-6,12H2,1-3H3. The minimum Gasteiger partial charge on any atom is -0.444 e. The molecular weight excluding hydrogens is 192 g/mol. The number of fused-ring (bicyclic) bond motifs is 1. The van der Waals surface area contributed by atoms with Crippen molar-refractivity contribution < 1.29 is 9.53 Å². The van der Waals surface area contributed by atoms with Crippen molar-refractivity contribution in [2.24, 2.45) is 17.6 Å². The van der Waals surface area contributed by atoms with E-state index in [4.69, 9.17) is 10.5 Å². The number of piperidine rings is 1. The molecule has 2 aliphatic rings. The maximum atomic E-state index is 11.8. The Morgan fingerprint density at radius 1 is 1.53 bits per heavy atom. The van der Waals surface area contributed by atoms with E-state index in [1.165, 1.54) is 0 Å². The van der Waals surface area contributed by atoms with Gasteiger partial charge in [-0.1, -0.05) is 0 Å². The Kier molecular flexibility index (Phi) is 2.41. The highest BCUT2D eigenvalue weighted by atomic mass is 16.6. The molecule has 4 nitrogen and oxygen atoms in total. The summed E-state index contributed by atoms with van der Waals surface area (Å²) in [5, 5.41) is 0. The number of hydrogen-bond donors (Lipinski definition) is 1. The van der Waals surface area contributed by atoms with Crippen molar-refractivity contribution >= 4 is 6.09 Å². The Balaban J connectivity index is 1.92. The molecule has 0 aromatic heterocycles. The summed E-state index contributed by atoms with van der Waals surface area (Å²) in [6, 6.07) is 0.366. The second-order valence-electron chi connectivity index (χ2n) is 5.52.